The fourth-order valence-electron chi connectivity index (χ4n) is 3.99. The minimum atomic E-state index is 0.149. The Labute approximate surface area is 131 Å². The van der Waals surface area contributed by atoms with Gasteiger partial charge in [-0.2, -0.15) is 0 Å². The third-order valence-corrected chi connectivity index (χ3v) is 5.23. The SMILES string of the molecule is CN(C(=O)c1ccc2c(c1)CCC2)[C@@H]1CCc2ccccc21. The zero-order valence-corrected chi connectivity index (χ0v) is 13.0. The maximum Gasteiger partial charge on any atom is 0.254 e. The topological polar surface area (TPSA) is 20.3 Å². The molecule has 0 radical (unpaired) electrons. The van der Waals surface area contributed by atoms with Crippen LogP contribution in [0.15, 0.2) is 42.5 Å². The van der Waals surface area contributed by atoms with Crippen LogP contribution in [0.25, 0.3) is 0 Å². The van der Waals surface area contributed by atoms with Gasteiger partial charge in [-0.25, -0.2) is 0 Å². The molecule has 2 aromatic carbocycles. The van der Waals surface area contributed by atoms with Crippen LogP contribution in [-0.4, -0.2) is 17.9 Å². The molecule has 0 bridgehead atoms. The van der Waals surface area contributed by atoms with Crippen LogP contribution in [0.1, 0.15) is 51.5 Å². The van der Waals surface area contributed by atoms with Gasteiger partial charge < -0.3 is 4.90 Å². The standard InChI is InChI=1S/C20H21NO/c1-21(19-12-11-15-5-2-3-8-18(15)19)20(22)17-10-9-14-6-4-7-16(14)13-17/h2-3,5,8-10,13,19H,4,6-7,11-12H2,1H3/t19-/m1/s1. The highest BCUT2D eigenvalue weighted by Crippen LogP contribution is 2.35. The molecule has 1 amide bonds. The summed E-state index contributed by atoms with van der Waals surface area (Å²) in [4.78, 5) is 14.8. The normalized spacial score (nSPS) is 18.9. The predicted octanol–water partition coefficient (Wildman–Crippen LogP) is 3.93. The second-order valence-corrected chi connectivity index (χ2v) is 6.51. The second-order valence-electron chi connectivity index (χ2n) is 6.51. The van der Waals surface area contributed by atoms with Gasteiger partial charge in [0.05, 0.1) is 6.04 Å². The molecule has 22 heavy (non-hydrogen) atoms. The Morgan fingerprint density at radius 3 is 2.73 bits per heavy atom. The van der Waals surface area contributed by atoms with Gasteiger partial charge in [0.15, 0.2) is 0 Å². The smallest absolute Gasteiger partial charge is 0.254 e. The van der Waals surface area contributed by atoms with Crippen molar-refractivity contribution in [2.45, 2.75) is 38.1 Å². The summed E-state index contributed by atoms with van der Waals surface area (Å²) in [6, 6.07) is 15.0. The van der Waals surface area contributed by atoms with Crippen molar-refractivity contribution in [2.24, 2.45) is 0 Å². The molecule has 0 fully saturated rings. The van der Waals surface area contributed by atoms with Gasteiger partial charge >= 0.3 is 0 Å². The van der Waals surface area contributed by atoms with Crippen LogP contribution in [0.5, 0.6) is 0 Å². The van der Waals surface area contributed by atoms with Gasteiger partial charge in [0.25, 0.3) is 5.91 Å². The molecule has 2 aliphatic carbocycles. The number of rotatable bonds is 2. The molecular weight excluding hydrogens is 270 g/mol. The third kappa shape index (κ3) is 2.14. The number of fused-ring (bicyclic) bond motifs is 2. The zero-order valence-electron chi connectivity index (χ0n) is 13.0. The molecule has 0 aliphatic heterocycles. The van der Waals surface area contributed by atoms with E-state index in [2.05, 4.69) is 36.4 Å². The van der Waals surface area contributed by atoms with Gasteiger partial charge in [-0.1, -0.05) is 30.3 Å². The summed E-state index contributed by atoms with van der Waals surface area (Å²) in [5.41, 5.74) is 6.34. The minimum Gasteiger partial charge on any atom is -0.335 e. The van der Waals surface area contributed by atoms with Crippen molar-refractivity contribution in [3.8, 4) is 0 Å². The predicted molar refractivity (Wildman–Crippen MR) is 88.1 cm³/mol. The first kappa shape index (κ1) is 13.6. The number of benzene rings is 2. The molecule has 0 N–H and O–H groups in total. The van der Waals surface area contributed by atoms with Crippen LogP contribution in [0, 0.1) is 0 Å². The van der Waals surface area contributed by atoms with E-state index in [9.17, 15) is 4.79 Å². The lowest BCUT2D eigenvalue weighted by molar-refractivity contribution is 0.0730. The number of hydrogen-bond acceptors (Lipinski definition) is 1. The summed E-state index contributed by atoms with van der Waals surface area (Å²) in [6.07, 6.45) is 5.61. The highest BCUT2D eigenvalue weighted by atomic mass is 16.2. The summed E-state index contributed by atoms with van der Waals surface area (Å²) in [5.74, 6) is 0.149. The molecule has 0 saturated carbocycles. The van der Waals surface area contributed by atoms with Crippen molar-refractivity contribution in [3.05, 3.63) is 70.3 Å². The largest absolute Gasteiger partial charge is 0.335 e. The average molecular weight is 291 g/mol. The molecular formula is C20H21NO. The summed E-state index contributed by atoms with van der Waals surface area (Å²) < 4.78 is 0. The minimum absolute atomic E-state index is 0.149. The van der Waals surface area contributed by atoms with E-state index in [4.69, 9.17) is 0 Å². The summed E-state index contributed by atoms with van der Waals surface area (Å²) >= 11 is 0. The number of nitrogens with zero attached hydrogens (tertiary/aromatic N) is 1. The number of carbonyl (C=O) groups excluding carboxylic acids is 1. The van der Waals surface area contributed by atoms with Gasteiger partial charge in [0, 0.05) is 12.6 Å². The van der Waals surface area contributed by atoms with Gasteiger partial charge in [-0.15, -0.1) is 0 Å². The van der Waals surface area contributed by atoms with Crippen molar-refractivity contribution in [1.82, 2.24) is 4.90 Å². The fraction of sp³-hybridized carbons (Fsp3) is 0.350. The Bertz CT molecular complexity index is 734. The van der Waals surface area contributed by atoms with E-state index >= 15 is 0 Å². The highest BCUT2D eigenvalue weighted by molar-refractivity contribution is 5.94. The van der Waals surface area contributed by atoms with Gasteiger partial charge in [-0.05, 0) is 66.5 Å². The molecule has 2 nitrogen and oxygen atoms in total. The molecule has 112 valence electrons. The van der Waals surface area contributed by atoms with Gasteiger partial charge in [0.2, 0.25) is 0 Å². The van der Waals surface area contributed by atoms with Gasteiger partial charge in [-0.3, -0.25) is 4.79 Å². The Morgan fingerprint density at radius 1 is 1.00 bits per heavy atom. The van der Waals surface area contributed by atoms with Crippen LogP contribution in [0.4, 0.5) is 0 Å². The van der Waals surface area contributed by atoms with E-state index in [1.807, 2.05) is 18.0 Å². The summed E-state index contributed by atoms with van der Waals surface area (Å²) in [6.45, 7) is 0. The Hall–Kier alpha value is -2.09. The quantitative estimate of drug-likeness (QED) is 0.821. The zero-order chi connectivity index (χ0) is 15.1. The van der Waals surface area contributed by atoms with E-state index in [1.54, 1.807) is 0 Å². The molecule has 0 spiro atoms. The molecule has 0 unspecified atom stereocenters. The van der Waals surface area contributed by atoms with Crippen molar-refractivity contribution in [2.75, 3.05) is 7.05 Å². The number of aryl methyl sites for hydroxylation is 3. The monoisotopic (exact) mass is 291 g/mol. The van der Waals surface area contributed by atoms with Crippen LogP contribution >= 0.6 is 0 Å². The maximum atomic E-state index is 12.9. The van der Waals surface area contributed by atoms with Crippen LogP contribution in [-0.2, 0) is 19.3 Å². The Balaban J connectivity index is 1.61. The molecule has 0 aromatic heterocycles. The van der Waals surface area contributed by atoms with Crippen molar-refractivity contribution >= 4 is 5.91 Å². The van der Waals surface area contributed by atoms with Crippen LogP contribution in [0.2, 0.25) is 0 Å². The van der Waals surface area contributed by atoms with E-state index in [0.717, 1.165) is 31.2 Å². The van der Waals surface area contributed by atoms with E-state index < -0.39 is 0 Å². The lowest BCUT2D eigenvalue weighted by atomic mass is 10.0. The number of carbonyl (C=O) groups is 1. The maximum absolute atomic E-state index is 12.9. The molecule has 1 atom stereocenters. The lowest BCUT2D eigenvalue weighted by Gasteiger charge is -2.26. The Morgan fingerprint density at radius 2 is 1.82 bits per heavy atom. The fourth-order valence-corrected chi connectivity index (χ4v) is 3.99. The lowest BCUT2D eigenvalue weighted by Crippen LogP contribution is -2.30. The molecule has 0 saturated heterocycles. The molecule has 2 aromatic rings. The first-order valence-corrected chi connectivity index (χ1v) is 8.21. The number of amides is 1. The van der Waals surface area contributed by atoms with Crippen molar-refractivity contribution < 1.29 is 4.79 Å². The molecule has 2 aliphatic rings. The summed E-state index contributed by atoms with van der Waals surface area (Å²) in [5, 5.41) is 0. The van der Waals surface area contributed by atoms with Crippen molar-refractivity contribution in [3.63, 3.8) is 0 Å². The second kappa shape index (κ2) is 5.28. The highest BCUT2D eigenvalue weighted by Gasteiger charge is 2.29. The Kier molecular flexibility index (Phi) is 3.25. The van der Waals surface area contributed by atoms with E-state index in [-0.39, 0.29) is 11.9 Å². The average Bonchev–Trinajstić information content (AvgIpc) is 3.19. The van der Waals surface area contributed by atoms with Crippen LogP contribution in [0.3, 0.4) is 0 Å². The molecule has 2 heteroatoms. The van der Waals surface area contributed by atoms with Crippen molar-refractivity contribution in [1.29, 1.82) is 0 Å². The number of hydrogen-bond donors (Lipinski definition) is 0. The molecule has 0 heterocycles. The van der Waals surface area contributed by atoms with E-state index in [1.165, 1.54) is 28.7 Å². The first-order chi connectivity index (χ1) is 10.7. The summed E-state index contributed by atoms with van der Waals surface area (Å²) in [7, 11) is 1.95. The van der Waals surface area contributed by atoms with Crippen LogP contribution < -0.4 is 0 Å². The van der Waals surface area contributed by atoms with E-state index in [0.29, 0.717) is 0 Å². The molecule has 4 rings (SSSR count). The first-order valence-electron chi connectivity index (χ1n) is 8.21. The third-order valence-electron chi connectivity index (χ3n) is 5.23. The van der Waals surface area contributed by atoms with Gasteiger partial charge in [0.1, 0.15) is 0 Å².